The van der Waals surface area contributed by atoms with E-state index in [1.807, 2.05) is 60.7 Å². The maximum atomic E-state index is 12.1. The number of H-pyrrole nitrogens is 1. The zero-order valence-electron chi connectivity index (χ0n) is 13.5. The van der Waals surface area contributed by atoms with Gasteiger partial charge in [-0.1, -0.05) is 72.4 Å². The van der Waals surface area contributed by atoms with Gasteiger partial charge in [0.05, 0.1) is 0 Å². The summed E-state index contributed by atoms with van der Waals surface area (Å²) in [5, 5.41) is 6.36. The number of aromatic amines is 1. The molecule has 0 saturated carbocycles. The fraction of sp³-hybridized carbons (Fsp3) is 0.167. The summed E-state index contributed by atoms with van der Waals surface area (Å²) >= 11 is 1.18. The number of hydrogen-bond donors (Lipinski definition) is 2. The Kier molecular flexibility index (Phi) is 5.35. The molecule has 0 saturated heterocycles. The SMILES string of the molecule is NC(=O)C(Sc1n[nH]c(=O)n1CCc1ccccc1)c1ccccc1. The highest BCUT2D eigenvalue weighted by atomic mass is 32.2. The lowest BCUT2D eigenvalue weighted by Crippen LogP contribution is -2.22. The summed E-state index contributed by atoms with van der Waals surface area (Å²) in [5.41, 5.74) is 7.17. The van der Waals surface area contributed by atoms with Crippen molar-refractivity contribution in [2.75, 3.05) is 0 Å². The zero-order chi connectivity index (χ0) is 17.6. The third kappa shape index (κ3) is 4.19. The predicted molar refractivity (Wildman–Crippen MR) is 97.2 cm³/mol. The summed E-state index contributed by atoms with van der Waals surface area (Å²) in [6, 6.07) is 19.1. The van der Waals surface area contributed by atoms with E-state index in [0.29, 0.717) is 18.1 Å². The second-order valence-electron chi connectivity index (χ2n) is 5.51. The zero-order valence-corrected chi connectivity index (χ0v) is 14.3. The van der Waals surface area contributed by atoms with Crippen molar-refractivity contribution in [3.8, 4) is 0 Å². The number of hydrogen-bond acceptors (Lipinski definition) is 4. The Bertz CT molecular complexity index is 890. The van der Waals surface area contributed by atoms with E-state index < -0.39 is 11.2 Å². The summed E-state index contributed by atoms with van der Waals surface area (Å²) in [7, 11) is 0. The van der Waals surface area contributed by atoms with E-state index in [1.165, 1.54) is 16.3 Å². The van der Waals surface area contributed by atoms with Crippen molar-refractivity contribution < 1.29 is 4.79 Å². The number of amides is 1. The summed E-state index contributed by atoms with van der Waals surface area (Å²) in [6.45, 7) is 0.474. The quantitative estimate of drug-likeness (QED) is 0.636. The lowest BCUT2D eigenvalue weighted by Gasteiger charge is -2.13. The maximum Gasteiger partial charge on any atom is 0.343 e. The summed E-state index contributed by atoms with van der Waals surface area (Å²) in [5.74, 6) is -0.471. The Morgan fingerprint density at radius 1 is 1.12 bits per heavy atom. The normalized spacial score (nSPS) is 12.0. The molecular weight excluding hydrogens is 336 g/mol. The van der Waals surface area contributed by atoms with Crippen molar-refractivity contribution in [2.24, 2.45) is 5.73 Å². The number of rotatable bonds is 7. The summed E-state index contributed by atoms with van der Waals surface area (Å²) in [6.07, 6.45) is 0.695. The molecule has 3 N–H and O–H groups in total. The first-order chi connectivity index (χ1) is 12.1. The van der Waals surface area contributed by atoms with Crippen LogP contribution in [0.5, 0.6) is 0 Å². The molecule has 0 fully saturated rings. The molecule has 6 nitrogen and oxygen atoms in total. The molecule has 128 valence electrons. The topological polar surface area (TPSA) is 93.8 Å². The van der Waals surface area contributed by atoms with Crippen molar-refractivity contribution in [3.05, 3.63) is 82.3 Å². The van der Waals surface area contributed by atoms with E-state index >= 15 is 0 Å². The number of nitrogens with zero attached hydrogens (tertiary/aromatic N) is 2. The molecule has 1 unspecified atom stereocenters. The average molecular weight is 354 g/mol. The first-order valence-corrected chi connectivity index (χ1v) is 8.73. The van der Waals surface area contributed by atoms with Crippen molar-refractivity contribution in [1.82, 2.24) is 14.8 Å². The fourth-order valence-electron chi connectivity index (χ4n) is 2.50. The van der Waals surface area contributed by atoms with Gasteiger partial charge in [0, 0.05) is 6.54 Å². The molecule has 2 aromatic carbocycles. The Hall–Kier alpha value is -2.80. The highest BCUT2D eigenvalue weighted by Crippen LogP contribution is 2.33. The molecule has 0 aliphatic heterocycles. The number of aromatic nitrogens is 3. The van der Waals surface area contributed by atoms with Crippen molar-refractivity contribution >= 4 is 17.7 Å². The second-order valence-corrected chi connectivity index (χ2v) is 6.58. The van der Waals surface area contributed by atoms with Crippen molar-refractivity contribution in [3.63, 3.8) is 0 Å². The van der Waals surface area contributed by atoms with Crippen LogP contribution in [0.3, 0.4) is 0 Å². The standard InChI is InChI=1S/C18H18N4O2S/c19-16(23)15(14-9-5-2-6-10-14)25-18-21-20-17(24)22(18)12-11-13-7-3-1-4-8-13/h1-10,15H,11-12H2,(H2,19,23)(H,20,24). The Balaban J connectivity index is 1.80. The number of carbonyl (C=O) groups is 1. The molecule has 0 bridgehead atoms. The molecule has 0 radical (unpaired) electrons. The van der Waals surface area contributed by atoms with Gasteiger partial charge in [0.25, 0.3) is 0 Å². The fourth-order valence-corrected chi connectivity index (χ4v) is 3.52. The lowest BCUT2D eigenvalue weighted by molar-refractivity contribution is -0.117. The van der Waals surface area contributed by atoms with Gasteiger partial charge in [-0.25, -0.2) is 9.89 Å². The highest BCUT2D eigenvalue weighted by Gasteiger charge is 2.22. The minimum absolute atomic E-state index is 0.297. The smallest absolute Gasteiger partial charge is 0.343 e. The van der Waals surface area contributed by atoms with Crippen LogP contribution in [0.2, 0.25) is 0 Å². The number of thioether (sulfide) groups is 1. The van der Waals surface area contributed by atoms with Gasteiger partial charge >= 0.3 is 5.69 Å². The van der Waals surface area contributed by atoms with Crippen molar-refractivity contribution in [2.45, 2.75) is 23.4 Å². The Morgan fingerprint density at radius 3 is 2.40 bits per heavy atom. The number of nitrogens with two attached hydrogens (primary N) is 1. The number of aryl methyl sites for hydroxylation is 1. The molecule has 25 heavy (non-hydrogen) atoms. The third-order valence-corrected chi connectivity index (χ3v) is 5.04. The number of carbonyl (C=O) groups excluding carboxylic acids is 1. The van der Waals surface area contributed by atoms with Gasteiger partial charge in [-0.3, -0.25) is 9.36 Å². The van der Waals surface area contributed by atoms with E-state index in [0.717, 1.165) is 11.1 Å². The average Bonchev–Trinajstić information content (AvgIpc) is 2.99. The van der Waals surface area contributed by atoms with Crippen LogP contribution >= 0.6 is 11.8 Å². The third-order valence-electron chi connectivity index (χ3n) is 3.77. The van der Waals surface area contributed by atoms with Gasteiger partial charge in [-0.05, 0) is 17.5 Å². The van der Waals surface area contributed by atoms with E-state index in [2.05, 4.69) is 10.2 Å². The minimum Gasteiger partial charge on any atom is -0.368 e. The molecule has 0 aliphatic carbocycles. The molecule has 0 aliphatic rings. The van der Waals surface area contributed by atoms with E-state index in [9.17, 15) is 9.59 Å². The molecule has 7 heteroatoms. The molecule has 1 aromatic heterocycles. The monoisotopic (exact) mass is 354 g/mol. The highest BCUT2D eigenvalue weighted by molar-refractivity contribution is 8.00. The van der Waals surface area contributed by atoms with Gasteiger partial charge in [0.15, 0.2) is 5.16 Å². The number of nitrogens with one attached hydrogen (secondary N) is 1. The van der Waals surface area contributed by atoms with Gasteiger partial charge < -0.3 is 5.73 Å². The summed E-state index contributed by atoms with van der Waals surface area (Å²) < 4.78 is 1.54. The van der Waals surface area contributed by atoms with Crippen LogP contribution in [0.1, 0.15) is 16.4 Å². The Morgan fingerprint density at radius 2 is 1.76 bits per heavy atom. The van der Waals surface area contributed by atoms with Crippen LogP contribution in [-0.2, 0) is 17.8 Å². The predicted octanol–water partition coefficient (Wildman–Crippen LogP) is 2.13. The van der Waals surface area contributed by atoms with E-state index in [-0.39, 0.29) is 5.69 Å². The van der Waals surface area contributed by atoms with Crippen LogP contribution in [0.15, 0.2) is 70.6 Å². The lowest BCUT2D eigenvalue weighted by atomic mass is 10.1. The van der Waals surface area contributed by atoms with E-state index in [1.54, 1.807) is 0 Å². The first kappa shape index (κ1) is 17.0. The molecule has 3 rings (SSSR count). The van der Waals surface area contributed by atoms with Gasteiger partial charge in [0.2, 0.25) is 5.91 Å². The van der Waals surface area contributed by atoms with Gasteiger partial charge in [-0.15, -0.1) is 5.10 Å². The van der Waals surface area contributed by atoms with Crippen LogP contribution < -0.4 is 11.4 Å². The molecule has 0 spiro atoms. The Labute approximate surface area is 149 Å². The molecule has 3 aromatic rings. The van der Waals surface area contributed by atoms with Crippen LogP contribution in [0.4, 0.5) is 0 Å². The van der Waals surface area contributed by atoms with Crippen LogP contribution in [-0.4, -0.2) is 20.7 Å². The largest absolute Gasteiger partial charge is 0.368 e. The second kappa shape index (κ2) is 7.85. The molecular formula is C18H18N4O2S. The molecule has 1 heterocycles. The molecule has 1 amide bonds. The van der Waals surface area contributed by atoms with Gasteiger partial charge in [0.1, 0.15) is 5.25 Å². The van der Waals surface area contributed by atoms with Crippen LogP contribution in [0.25, 0.3) is 0 Å². The summed E-state index contributed by atoms with van der Waals surface area (Å²) in [4.78, 5) is 23.9. The first-order valence-electron chi connectivity index (χ1n) is 7.85. The maximum absolute atomic E-state index is 12.1. The molecule has 1 atom stereocenters. The van der Waals surface area contributed by atoms with Crippen molar-refractivity contribution in [1.29, 1.82) is 0 Å². The minimum atomic E-state index is -0.605. The number of benzene rings is 2. The van der Waals surface area contributed by atoms with E-state index in [4.69, 9.17) is 5.73 Å². The van der Waals surface area contributed by atoms with Crippen LogP contribution in [0, 0.1) is 0 Å². The number of primary amides is 1. The van der Waals surface area contributed by atoms with Gasteiger partial charge in [-0.2, -0.15) is 0 Å².